The van der Waals surface area contributed by atoms with Crippen LogP contribution in [-0.2, 0) is 15.7 Å². The molecule has 0 saturated carbocycles. The molecule has 0 radical (unpaired) electrons. The summed E-state index contributed by atoms with van der Waals surface area (Å²) in [4.78, 5) is 14.0. The van der Waals surface area contributed by atoms with Crippen LogP contribution in [0, 0.1) is 6.92 Å². The fourth-order valence-corrected chi connectivity index (χ4v) is 3.22. The summed E-state index contributed by atoms with van der Waals surface area (Å²) >= 11 is 5.13. The van der Waals surface area contributed by atoms with E-state index in [1.165, 1.54) is 6.07 Å². The fraction of sp³-hybridized carbons (Fsp3) is 0.333. The molecule has 1 aliphatic heterocycles. The Kier molecular flexibility index (Phi) is 7.34. The summed E-state index contributed by atoms with van der Waals surface area (Å²) in [6.45, 7) is 3.65. The molecule has 2 aromatic carbocycles. The highest BCUT2D eigenvalue weighted by Crippen LogP contribution is 2.35. The summed E-state index contributed by atoms with van der Waals surface area (Å²) in [5.74, 6) is -0.00918. The molecule has 0 bridgehead atoms. The van der Waals surface area contributed by atoms with Crippen molar-refractivity contribution in [3.05, 3.63) is 53.6 Å². The average Bonchev–Trinajstić information content (AvgIpc) is 2.73. The van der Waals surface area contributed by atoms with Gasteiger partial charge in [0, 0.05) is 13.1 Å². The number of ether oxygens (including phenoxy) is 2. The topological polar surface area (TPSA) is 62.8 Å². The van der Waals surface area contributed by atoms with Crippen LogP contribution >= 0.6 is 12.2 Å². The van der Waals surface area contributed by atoms with E-state index in [9.17, 15) is 18.0 Å². The molecule has 0 aromatic heterocycles. The zero-order valence-corrected chi connectivity index (χ0v) is 17.6. The molecule has 1 heterocycles. The first-order valence-corrected chi connectivity index (χ1v) is 9.97. The van der Waals surface area contributed by atoms with Gasteiger partial charge in [-0.2, -0.15) is 13.2 Å². The van der Waals surface area contributed by atoms with E-state index in [1.54, 1.807) is 12.1 Å². The summed E-state index contributed by atoms with van der Waals surface area (Å²) in [6.07, 6.45) is -4.51. The molecule has 0 spiro atoms. The predicted molar refractivity (Wildman–Crippen MR) is 116 cm³/mol. The first-order chi connectivity index (χ1) is 14.7. The van der Waals surface area contributed by atoms with Gasteiger partial charge in [0.25, 0.3) is 5.91 Å². The van der Waals surface area contributed by atoms with Crippen LogP contribution in [-0.4, -0.2) is 43.9 Å². The molecule has 10 heteroatoms. The summed E-state index contributed by atoms with van der Waals surface area (Å²) < 4.78 is 50.3. The average molecular weight is 453 g/mol. The summed E-state index contributed by atoms with van der Waals surface area (Å²) in [7, 11) is 0. The minimum atomic E-state index is -4.51. The number of anilines is 2. The van der Waals surface area contributed by atoms with Gasteiger partial charge >= 0.3 is 6.18 Å². The molecule has 0 atom stereocenters. The van der Waals surface area contributed by atoms with E-state index in [-0.39, 0.29) is 17.4 Å². The number of halogens is 3. The lowest BCUT2D eigenvalue weighted by molar-refractivity contribution is -0.137. The minimum Gasteiger partial charge on any atom is -0.484 e. The van der Waals surface area contributed by atoms with E-state index >= 15 is 0 Å². The van der Waals surface area contributed by atoms with Gasteiger partial charge in [0.05, 0.1) is 30.2 Å². The van der Waals surface area contributed by atoms with E-state index in [0.29, 0.717) is 37.7 Å². The number of rotatable bonds is 5. The van der Waals surface area contributed by atoms with Gasteiger partial charge in [-0.15, -0.1) is 0 Å². The van der Waals surface area contributed by atoms with Crippen LogP contribution in [0.1, 0.15) is 11.1 Å². The molecular weight excluding hydrogens is 431 g/mol. The number of morpholine rings is 1. The van der Waals surface area contributed by atoms with Crippen LogP contribution in [0.2, 0.25) is 0 Å². The molecule has 1 aliphatic rings. The van der Waals surface area contributed by atoms with Crippen molar-refractivity contribution in [1.82, 2.24) is 5.32 Å². The van der Waals surface area contributed by atoms with E-state index in [1.807, 2.05) is 24.0 Å². The van der Waals surface area contributed by atoms with Gasteiger partial charge in [-0.05, 0) is 49.5 Å². The number of benzene rings is 2. The summed E-state index contributed by atoms with van der Waals surface area (Å²) in [6, 6.07) is 10.5. The van der Waals surface area contributed by atoms with Crippen molar-refractivity contribution >= 4 is 34.6 Å². The molecule has 1 fully saturated rings. The molecular formula is C21H22F3N3O3S. The number of carbonyl (C=O) groups excluding carboxylic acids is 1. The number of nitrogens with zero attached hydrogens (tertiary/aromatic N) is 1. The molecule has 1 saturated heterocycles. The minimum absolute atomic E-state index is 0.119. The Bertz CT molecular complexity index is 930. The largest absolute Gasteiger partial charge is 0.484 e. The SMILES string of the molecule is Cc1ccc(OCC(=O)NC(=S)Nc2cc(C(F)(F)F)ccc2N2CCOCC2)cc1. The van der Waals surface area contributed by atoms with Crippen molar-refractivity contribution in [3.63, 3.8) is 0 Å². The van der Waals surface area contributed by atoms with E-state index in [0.717, 1.165) is 17.7 Å². The van der Waals surface area contributed by atoms with Crippen LogP contribution in [0.25, 0.3) is 0 Å². The van der Waals surface area contributed by atoms with Gasteiger partial charge in [0.2, 0.25) is 0 Å². The van der Waals surface area contributed by atoms with Crippen LogP contribution in [0.4, 0.5) is 24.5 Å². The first kappa shape index (κ1) is 22.8. The Morgan fingerprint density at radius 2 is 1.84 bits per heavy atom. The van der Waals surface area contributed by atoms with Crippen LogP contribution in [0.5, 0.6) is 5.75 Å². The van der Waals surface area contributed by atoms with Crippen LogP contribution < -0.4 is 20.3 Å². The number of alkyl halides is 3. The van der Waals surface area contributed by atoms with Crippen molar-refractivity contribution < 1.29 is 27.4 Å². The Morgan fingerprint density at radius 3 is 2.48 bits per heavy atom. The second-order valence-corrected chi connectivity index (χ2v) is 7.34. The molecule has 166 valence electrons. The molecule has 2 N–H and O–H groups in total. The molecule has 6 nitrogen and oxygen atoms in total. The predicted octanol–water partition coefficient (Wildman–Crippen LogP) is 3.74. The fourth-order valence-electron chi connectivity index (χ4n) is 2.99. The molecule has 3 rings (SSSR count). The van der Waals surface area contributed by atoms with Gasteiger partial charge in [-0.25, -0.2) is 0 Å². The third-order valence-electron chi connectivity index (χ3n) is 4.57. The lowest BCUT2D eigenvalue weighted by Crippen LogP contribution is -2.39. The first-order valence-electron chi connectivity index (χ1n) is 9.56. The third-order valence-corrected chi connectivity index (χ3v) is 4.77. The normalized spacial score (nSPS) is 14.1. The highest BCUT2D eigenvalue weighted by molar-refractivity contribution is 7.80. The maximum atomic E-state index is 13.2. The van der Waals surface area contributed by atoms with Crippen molar-refractivity contribution in [1.29, 1.82) is 0 Å². The van der Waals surface area contributed by atoms with Crippen molar-refractivity contribution in [2.45, 2.75) is 13.1 Å². The highest BCUT2D eigenvalue weighted by atomic mass is 32.1. The lowest BCUT2D eigenvalue weighted by Gasteiger charge is -2.31. The smallest absolute Gasteiger partial charge is 0.416 e. The Balaban J connectivity index is 1.66. The maximum Gasteiger partial charge on any atom is 0.416 e. The quantitative estimate of drug-likeness (QED) is 0.673. The number of hydrogen-bond acceptors (Lipinski definition) is 5. The van der Waals surface area contributed by atoms with E-state index in [2.05, 4.69) is 10.6 Å². The Hall–Kier alpha value is -2.85. The second-order valence-electron chi connectivity index (χ2n) is 6.93. The summed E-state index contributed by atoms with van der Waals surface area (Å²) in [5.41, 5.74) is 0.938. The van der Waals surface area contributed by atoms with Crippen LogP contribution in [0.3, 0.4) is 0 Å². The van der Waals surface area contributed by atoms with Crippen LogP contribution in [0.15, 0.2) is 42.5 Å². The standard InChI is InChI=1S/C21H22F3N3O3S/c1-14-2-5-16(6-3-14)30-13-19(28)26-20(31)25-17-12-15(21(22,23)24)4-7-18(17)27-8-10-29-11-9-27/h2-7,12H,8-11,13H2,1H3,(H2,25,26,28,31). The number of nitrogens with one attached hydrogen (secondary N) is 2. The van der Waals surface area contributed by atoms with Crippen molar-refractivity contribution in [3.8, 4) is 5.75 Å². The number of hydrogen-bond donors (Lipinski definition) is 2. The summed E-state index contributed by atoms with van der Waals surface area (Å²) in [5, 5.41) is 5.03. The van der Waals surface area contributed by atoms with Crippen molar-refractivity contribution in [2.75, 3.05) is 43.1 Å². The monoisotopic (exact) mass is 453 g/mol. The zero-order valence-electron chi connectivity index (χ0n) is 16.8. The van der Waals surface area contributed by atoms with Crippen molar-refractivity contribution in [2.24, 2.45) is 0 Å². The molecule has 31 heavy (non-hydrogen) atoms. The number of thiocarbonyl (C=S) groups is 1. The van der Waals surface area contributed by atoms with E-state index in [4.69, 9.17) is 21.7 Å². The molecule has 1 amide bonds. The lowest BCUT2D eigenvalue weighted by atomic mass is 10.1. The molecule has 0 unspecified atom stereocenters. The van der Waals surface area contributed by atoms with Gasteiger partial charge in [0.15, 0.2) is 11.7 Å². The van der Waals surface area contributed by atoms with E-state index < -0.39 is 17.6 Å². The molecule has 0 aliphatic carbocycles. The van der Waals surface area contributed by atoms with Gasteiger partial charge < -0.3 is 19.7 Å². The third kappa shape index (κ3) is 6.56. The van der Waals surface area contributed by atoms with Gasteiger partial charge in [-0.1, -0.05) is 17.7 Å². The van der Waals surface area contributed by atoms with Gasteiger partial charge in [0.1, 0.15) is 5.75 Å². The molecule has 2 aromatic rings. The number of aryl methyl sites for hydroxylation is 1. The number of carbonyl (C=O) groups is 1. The highest BCUT2D eigenvalue weighted by Gasteiger charge is 2.31. The Labute approximate surface area is 183 Å². The maximum absolute atomic E-state index is 13.2. The Morgan fingerprint density at radius 1 is 1.16 bits per heavy atom. The van der Waals surface area contributed by atoms with Gasteiger partial charge in [-0.3, -0.25) is 10.1 Å². The number of amides is 1. The zero-order chi connectivity index (χ0) is 22.4. The second kappa shape index (κ2) is 9.97.